The highest BCUT2D eigenvalue weighted by atomic mass is 32.1. The topological polar surface area (TPSA) is 148 Å². The summed E-state index contributed by atoms with van der Waals surface area (Å²) in [6.45, 7) is 7.66. The zero-order valence-corrected chi connectivity index (χ0v) is 27.8. The second-order valence-corrected chi connectivity index (χ2v) is 12.5. The predicted octanol–water partition coefficient (Wildman–Crippen LogP) is 3.99. The molecule has 2 bridgehead atoms. The van der Waals surface area contributed by atoms with Crippen LogP contribution in [0.1, 0.15) is 63.0 Å². The third kappa shape index (κ3) is 8.33. The summed E-state index contributed by atoms with van der Waals surface area (Å²) in [7, 11) is 3.02. The van der Waals surface area contributed by atoms with E-state index < -0.39 is 17.9 Å². The van der Waals surface area contributed by atoms with E-state index in [1.807, 2.05) is 20.8 Å². The van der Waals surface area contributed by atoms with Gasteiger partial charge in [-0.2, -0.15) is 0 Å². The molecule has 4 amide bonds. The van der Waals surface area contributed by atoms with Crippen LogP contribution in [0.15, 0.2) is 36.4 Å². The van der Waals surface area contributed by atoms with Crippen LogP contribution in [-0.4, -0.2) is 73.4 Å². The zero-order chi connectivity index (χ0) is 33.4. The second kappa shape index (κ2) is 15.6. The molecule has 4 rings (SSSR count). The molecule has 3 N–H and O–H groups in total. The Morgan fingerprint density at radius 3 is 2.46 bits per heavy atom. The van der Waals surface area contributed by atoms with Gasteiger partial charge in [-0.05, 0) is 62.9 Å². The Labute approximate surface area is 272 Å². The Balaban J connectivity index is 1.68. The molecule has 0 fully saturated rings. The number of thiazole rings is 1. The molecule has 0 radical (unpaired) electrons. The average molecular weight is 652 g/mol. The van der Waals surface area contributed by atoms with Gasteiger partial charge in [-0.25, -0.2) is 4.98 Å². The van der Waals surface area contributed by atoms with Crippen molar-refractivity contribution in [1.29, 1.82) is 0 Å². The Morgan fingerprint density at radius 1 is 1.02 bits per heavy atom. The molecule has 1 aliphatic heterocycles. The molecule has 0 saturated heterocycles. The number of aromatic nitrogens is 1. The van der Waals surface area contributed by atoms with Crippen molar-refractivity contribution in [3.8, 4) is 23.0 Å². The zero-order valence-electron chi connectivity index (χ0n) is 27.0. The molecule has 3 aromatic rings. The molecule has 2 aromatic carbocycles. The number of fused-ring (bicyclic) bond motifs is 3. The molecule has 246 valence electrons. The van der Waals surface area contributed by atoms with Crippen molar-refractivity contribution in [3.63, 3.8) is 0 Å². The number of hydrogen-bond donors (Lipinski definition) is 3. The highest BCUT2D eigenvalue weighted by Gasteiger charge is 2.28. The van der Waals surface area contributed by atoms with Crippen LogP contribution in [0.25, 0.3) is 0 Å². The number of nitrogens with zero attached hydrogens (tertiary/aromatic N) is 2. The van der Waals surface area contributed by atoms with Crippen LogP contribution in [0, 0.1) is 19.8 Å². The molecule has 0 aliphatic carbocycles. The van der Waals surface area contributed by atoms with Crippen molar-refractivity contribution in [1.82, 2.24) is 25.8 Å². The highest BCUT2D eigenvalue weighted by Crippen LogP contribution is 2.37. The fourth-order valence-electron chi connectivity index (χ4n) is 5.09. The first-order valence-electron chi connectivity index (χ1n) is 15.1. The standard InChI is InChI=1S/C33H41N5O7S/c1-19(2)29-32(41)35-17-23-24(43-5)10-9-11-25(23)45-27-16-22(12-13-26(27)44-6)31(40)34-14-7-8-15-38(18-28(39)37-29)33(42)30-20(3)36-21(4)46-30/h9-13,16,19,29H,7-8,14-15,17-18H2,1-6H3,(H,34,40)(H,35,41)(H,37,39)/t29-/m1/s1. The fraction of sp³-hybridized carbons (Fsp3) is 0.424. The van der Waals surface area contributed by atoms with Gasteiger partial charge in [0, 0.05) is 18.7 Å². The molecule has 46 heavy (non-hydrogen) atoms. The minimum absolute atomic E-state index is 0.0222. The Morgan fingerprint density at radius 2 is 1.78 bits per heavy atom. The lowest BCUT2D eigenvalue weighted by molar-refractivity contribution is -0.130. The number of methoxy groups -OCH3 is 2. The van der Waals surface area contributed by atoms with E-state index in [2.05, 4.69) is 20.9 Å². The van der Waals surface area contributed by atoms with Gasteiger partial charge in [-0.3, -0.25) is 19.2 Å². The van der Waals surface area contributed by atoms with Crippen LogP contribution in [0.5, 0.6) is 23.0 Å². The minimum Gasteiger partial charge on any atom is -0.496 e. The summed E-state index contributed by atoms with van der Waals surface area (Å²) in [6, 6.07) is 9.24. The van der Waals surface area contributed by atoms with Crippen molar-refractivity contribution in [2.24, 2.45) is 5.92 Å². The molecule has 0 unspecified atom stereocenters. The van der Waals surface area contributed by atoms with Crippen molar-refractivity contribution in [2.45, 2.75) is 53.1 Å². The predicted molar refractivity (Wildman–Crippen MR) is 174 cm³/mol. The Kier molecular flexibility index (Phi) is 11.6. The van der Waals surface area contributed by atoms with E-state index in [1.54, 1.807) is 43.3 Å². The number of hydrogen-bond acceptors (Lipinski definition) is 9. The van der Waals surface area contributed by atoms with Gasteiger partial charge in [0.15, 0.2) is 11.5 Å². The van der Waals surface area contributed by atoms with Crippen LogP contribution >= 0.6 is 11.3 Å². The summed E-state index contributed by atoms with van der Waals surface area (Å²) in [6.07, 6.45) is 1.08. The fourth-order valence-corrected chi connectivity index (χ4v) is 5.98. The summed E-state index contributed by atoms with van der Waals surface area (Å²) in [5, 5.41) is 9.40. The van der Waals surface area contributed by atoms with E-state index in [-0.39, 0.29) is 37.4 Å². The maximum absolute atomic E-state index is 13.6. The third-order valence-electron chi connectivity index (χ3n) is 7.52. The molecule has 1 aliphatic rings. The van der Waals surface area contributed by atoms with Gasteiger partial charge in [0.1, 0.15) is 22.4 Å². The molecular formula is C33H41N5O7S. The first-order chi connectivity index (χ1) is 22.0. The monoisotopic (exact) mass is 651 g/mol. The first-order valence-corrected chi connectivity index (χ1v) is 15.9. The Bertz CT molecular complexity index is 1590. The van der Waals surface area contributed by atoms with Gasteiger partial charge in [0.25, 0.3) is 11.8 Å². The molecule has 12 nitrogen and oxygen atoms in total. The smallest absolute Gasteiger partial charge is 0.266 e. The van der Waals surface area contributed by atoms with Crippen LogP contribution in [0.3, 0.4) is 0 Å². The number of amides is 4. The minimum atomic E-state index is -0.867. The van der Waals surface area contributed by atoms with Crippen molar-refractivity contribution < 1.29 is 33.4 Å². The largest absolute Gasteiger partial charge is 0.496 e. The van der Waals surface area contributed by atoms with Gasteiger partial charge in [0.05, 0.1) is 43.6 Å². The van der Waals surface area contributed by atoms with Crippen LogP contribution in [0.4, 0.5) is 0 Å². The molecule has 0 saturated carbocycles. The number of benzene rings is 2. The summed E-state index contributed by atoms with van der Waals surface area (Å²) in [5.74, 6) is -0.142. The highest BCUT2D eigenvalue weighted by molar-refractivity contribution is 7.13. The van der Waals surface area contributed by atoms with Crippen molar-refractivity contribution >= 4 is 35.0 Å². The normalized spacial score (nSPS) is 16.8. The van der Waals surface area contributed by atoms with Gasteiger partial charge in [-0.1, -0.05) is 19.9 Å². The maximum atomic E-state index is 13.6. The van der Waals surface area contributed by atoms with E-state index in [9.17, 15) is 19.2 Å². The lowest BCUT2D eigenvalue weighted by Crippen LogP contribution is -2.52. The summed E-state index contributed by atoms with van der Waals surface area (Å²) in [4.78, 5) is 59.8. The van der Waals surface area contributed by atoms with Gasteiger partial charge >= 0.3 is 0 Å². The number of carbonyl (C=O) groups is 4. The van der Waals surface area contributed by atoms with E-state index in [1.165, 1.54) is 30.5 Å². The summed E-state index contributed by atoms with van der Waals surface area (Å²) in [5.41, 5.74) is 1.52. The van der Waals surface area contributed by atoms with E-state index in [0.29, 0.717) is 64.1 Å². The number of rotatable bonds is 4. The number of carbonyl (C=O) groups excluding carboxylic acids is 4. The number of nitrogens with one attached hydrogen (secondary N) is 3. The summed E-state index contributed by atoms with van der Waals surface area (Å²) >= 11 is 1.28. The SMILES string of the molecule is COc1ccc2cc1Oc1cccc(OC)c1CNC(=O)[C@@H](C(C)C)NC(=O)CN(C(=O)c1sc(C)nc1C)CCCCNC2=O. The Hall–Kier alpha value is -4.65. The molecule has 0 spiro atoms. The lowest BCUT2D eigenvalue weighted by Gasteiger charge is -2.26. The molecular weight excluding hydrogens is 610 g/mol. The van der Waals surface area contributed by atoms with Crippen molar-refractivity contribution in [2.75, 3.05) is 33.9 Å². The van der Waals surface area contributed by atoms with E-state index >= 15 is 0 Å². The summed E-state index contributed by atoms with van der Waals surface area (Å²) < 4.78 is 17.3. The maximum Gasteiger partial charge on any atom is 0.266 e. The molecule has 1 atom stereocenters. The quantitative estimate of drug-likeness (QED) is 0.384. The van der Waals surface area contributed by atoms with E-state index in [4.69, 9.17) is 14.2 Å². The lowest BCUT2D eigenvalue weighted by atomic mass is 10.0. The number of aryl methyl sites for hydroxylation is 2. The van der Waals surface area contributed by atoms with E-state index in [0.717, 1.165) is 5.01 Å². The first kappa shape index (κ1) is 34.2. The van der Waals surface area contributed by atoms with Crippen molar-refractivity contribution in [3.05, 3.63) is 63.1 Å². The van der Waals surface area contributed by atoms with Gasteiger partial charge in [0.2, 0.25) is 11.8 Å². The molecule has 13 heteroatoms. The molecule has 1 aromatic heterocycles. The third-order valence-corrected chi connectivity index (χ3v) is 8.58. The van der Waals surface area contributed by atoms with Gasteiger partial charge < -0.3 is 35.1 Å². The van der Waals surface area contributed by atoms with Crippen LogP contribution in [0.2, 0.25) is 0 Å². The van der Waals surface area contributed by atoms with Gasteiger partial charge in [-0.15, -0.1) is 11.3 Å². The average Bonchev–Trinajstić information content (AvgIpc) is 3.38. The number of ether oxygens (including phenoxy) is 3. The van der Waals surface area contributed by atoms with Crippen LogP contribution in [-0.2, 0) is 16.1 Å². The second-order valence-electron chi connectivity index (χ2n) is 11.2. The van der Waals surface area contributed by atoms with Crippen LogP contribution < -0.4 is 30.2 Å². The molecule has 2 heterocycles.